The number of nitrogens with zero attached hydrogens (tertiary/aromatic N) is 2. The van der Waals surface area contributed by atoms with E-state index in [2.05, 4.69) is 4.98 Å². The Balaban J connectivity index is 2.49. The van der Waals surface area contributed by atoms with E-state index in [-0.39, 0.29) is 11.5 Å². The van der Waals surface area contributed by atoms with Gasteiger partial charge < -0.3 is 10.0 Å². The zero-order valence-corrected chi connectivity index (χ0v) is 9.86. The molecule has 0 saturated carbocycles. The van der Waals surface area contributed by atoms with Gasteiger partial charge in [-0.25, -0.2) is 4.79 Å². The predicted molar refractivity (Wildman–Crippen MR) is 60.7 cm³/mol. The molecule has 0 atom stereocenters. The van der Waals surface area contributed by atoms with Crippen molar-refractivity contribution in [2.75, 3.05) is 6.54 Å². The Hall–Kier alpha value is -1.91. The number of amides is 1. The van der Waals surface area contributed by atoms with E-state index in [4.69, 9.17) is 5.11 Å². The summed E-state index contributed by atoms with van der Waals surface area (Å²) in [7, 11) is 0. The molecule has 1 aliphatic heterocycles. The maximum atomic E-state index is 11.3. The number of hydrogen-bond donors (Lipinski definition) is 1. The van der Waals surface area contributed by atoms with E-state index in [9.17, 15) is 9.59 Å². The molecule has 1 N–H and O–H groups in total. The van der Waals surface area contributed by atoms with Crippen LogP contribution >= 0.6 is 0 Å². The van der Waals surface area contributed by atoms with Crippen molar-refractivity contribution in [3.63, 3.8) is 0 Å². The van der Waals surface area contributed by atoms with Gasteiger partial charge in [0.15, 0.2) is 0 Å². The minimum Gasteiger partial charge on any atom is -0.478 e. The number of aromatic carboxylic acids is 1. The molecule has 0 fully saturated rings. The first kappa shape index (κ1) is 11.6. The molecule has 0 saturated heterocycles. The van der Waals surface area contributed by atoms with Crippen LogP contribution in [0.1, 0.15) is 34.1 Å². The van der Waals surface area contributed by atoms with Crippen molar-refractivity contribution >= 4 is 11.9 Å². The summed E-state index contributed by atoms with van der Waals surface area (Å²) in [5.41, 5.74) is 2.76. The van der Waals surface area contributed by atoms with E-state index in [0.717, 1.165) is 16.8 Å². The number of rotatable bonds is 1. The highest BCUT2D eigenvalue weighted by molar-refractivity contribution is 5.90. The molecule has 5 heteroatoms. The molecule has 0 aliphatic carbocycles. The molecule has 0 spiro atoms. The van der Waals surface area contributed by atoms with E-state index in [0.29, 0.717) is 19.5 Å². The molecule has 17 heavy (non-hydrogen) atoms. The molecular formula is C12H14N2O3. The lowest BCUT2D eigenvalue weighted by Crippen LogP contribution is -2.35. The van der Waals surface area contributed by atoms with Crippen LogP contribution in [0.5, 0.6) is 0 Å². The highest BCUT2D eigenvalue weighted by atomic mass is 16.4. The maximum Gasteiger partial charge on any atom is 0.337 e. The van der Waals surface area contributed by atoms with Gasteiger partial charge >= 0.3 is 5.97 Å². The Morgan fingerprint density at radius 1 is 1.41 bits per heavy atom. The average molecular weight is 234 g/mol. The maximum absolute atomic E-state index is 11.3. The number of aryl methyl sites for hydroxylation is 1. The summed E-state index contributed by atoms with van der Waals surface area (Å²) in [6.45, 7) is 4.37. The van der Waals surface area contributed by atoms with Crippen molar-refractivity contribution < 1.29 is 14.7 Å². The second-order valence-electron chi connectivity index (χ2n) is 4.21. The fourth-order valence-electron chi connectivity index (χ4n) is 2.18. The van der Waals surface area contributed by atoms with Crippen molar-refractivity contribution in [1.82, 2.24) is 9.88 Å². The Bertz CT molecular complexity index is 497. The molecule has 1 aromatic rings. The van der Waals surface area contributed by atoms with Crippen LogP contribution in [-0.2, 0) is 17.8 Å². The number of pyridine rings is 1. The van der Waals surface area contributed by atoms with Crippen LogP contribution in [0.2, 0.25) is 0 Å². The van der Waals surface area contributed by atoms with Gasteiger partial charge in [0.2, 0.25) is 5.91 Å². The van der Waals surface area contributed by atoms with Gasteiger partial charge in [-0.2, -0.15) is 0 Å². The molecule has 2 heterocycles. The van der Waals surface area contributed by atoms with Crippen molar-refractivity contribution in [1.29, 1.82) is 0 Å². The Morgan fingerprint density at radius 2 is 2.12 bits per heavy atom. The molecule has 1 aliphatic rings. The highest BCUT2D eigenvalue weighted by Gasteiger charge is 2.24. The first-order valence-corrected chi connectivity index (χ1v) is 5.47. The molecule has 2 rings (SSSR count). The molecular weight excluding hydrogens is 220 g/mol. The fourth-order valence-corrected chi connectivity index (χ4v) is 2.18. The van der Waals surface area contributed by atoms with Gasteiger partial charge in [-0.1, -0.05) is 0 Å². The summed E-state index contributed by atoms with van der Waals surface area (Å²) in [6.07, 6.45) is 2.05. The number of aromatic nitrogens is 1. The van der Waals surface area contributed by atoms with Gasteiger partial charge in [0.05, 0.1) is 5.56 Å². The Labute approximate surface area is 99.1 Å². The Morgan fingerprint density at radius 3 is 2.71 bits per heavy atom. The molecule has 1 aromatic heterocycles. The van der Waals surface area contributed by atoms with Gasteiger partial charge in [-0.3, -0.25) is 9.78 Å². The summed E-state index contributed by atoms with van der Waals surface area (Å²) in [5.74, 6) is -1.01. The lowest BCUT2D eigenvalue weighted by Gasteiger charge is -2.29. The van der Waals surface area contributed by atoms with Crippen molar-refractivity contribution in [2.24, 2.45) is 0 Å². The van der Waals surface area contributed by atoms with E-state index in [1.807, 2.05) is 6.92 Å². The van der Waals surface area contributed by atoms with Gasteiger partial charge in [0, 0.05) is 31.9 Å². The van der Waals surface area contributed by atoms with Crippen LogP contribution in [0.3, 0.4) is 0 Å². The summed E-state index contributed by atoms with van der Waals surface area (Å²) in [6, 6.07) is 0. The second-order valence-corrected chi connectivity index (χ2v) is 4.21. The number of carboxylic acids is 1. The fraction of sp³-hybridized carbons (Fsp3) is 0.417. The zero-order valence-electron chi connectivity index (χ0n) is 9.86. The molecule has 1 amide bonds. The van der Waals surface area contributed by atoms with E-state index < -0.39 is 5.97 Å². The van der Waals surface area contributed by atoms with Gasteiger partial charge in [-0.05, 0) is 24.5 Å². The predicted octanol–water partition coefficient (Wildman–Crippen LogP) is 0.993. The molecule has 90 valence electrons. The van der Waals surface area contributed by atoms with Crippen LogP contribution < -0.4 is 0 Å². The quantitative estimate of drug-likeness (QED) is 0.786. The normalized spacial score (nSPS) is 14.4. The monoisotopic (exact) mass is 234 g/mol. The first-order valence-electron chi connectivity index (χ1n) is 5.47. The average Bonchev–Trinajstić information content (AvgIpc) is 2.28. The summed E-state index contributed by atoms with van der Waals surface area (Å²) < 4.78 is 0. The number of carbonyl (C=O) groups excluding carboxylic acids is 1. The van der Waals surface area contributed by atoms with Crippen LogP contribution in [0.4, 0.5) is 0 Å². The van der Waals surface area contributed by atoms with Crippen molar-refractivity contribution in [3.05, 3.63) is 28.6 Å². The minimum absolute atomic E-state index is 0.0264. The topological polar surface area (TPSA) is 70.5 Å². The molecule has 5 nitrogen and oxygen atoms in total. The van der Waals surface area contributed by atoms with Crippen LogP contribution in [-0.4, -0.2) is 33.4 Å². The number of carbonyl (C=O) groups is 2. The molecule has 0 unspecified atom stereocenters. The highest BCUT2D eigenvalue weighted by Crippen LogP contribution is 2.24. The third kappa shape index (κ3) is 2.00. The number of carboxylic acid groups (broad SMARTS) is 1. The van der Waals surface area contributed by atoms with Crippen molar-refractivity contribution in [3.8, 4) is 0 Å². The van der Waals surface area contributed by atoms with Crippen LogP contribution in [0.15, 0.2) is 6.20 Å². The third-order valence-electron chi connectivity index (χ3n) is 3.17. The third-order valence-corrected chi connectivity index (χ3v) is 3.17. The lowest BCUT2D eigenvalue weighted by molar-refractivity contribution is -0.129. The first-order chi connectivity index (χ1) is 8.00. The van der Waals surface area contributed by atoms with Crippen LogP contribution in [0.25, 0.3) is 0 Å². The molecule has 0 bridgehead atoms. The summed E-state index contributed by atoms with van der Waals surface area (Å²) in [4.78, 5) is 28.2. The summed E-state index contributed by atoms with van der Waals surface area (Å²) in [5, 5.41) is 9.11. The van der Waals surface area contributed by atoms with Crippen LogP contribution in [0, 0.1) is 6.92 Å². The SMILES string of the molecule is CC(=O)N1CCc2c(C)ncc(C(=O)O)c2C1. The zero-order chi connectivity index (χ0) is 12.6. The molecule has 0 radical (unpaired) electrons. The molecule has 0 aromatic carbocycles. The number of hydrogen-bond acceptors (Lipinski definition) is 3. The second kappa shape index (κ2) is 4.16. The van der Waals surface area contributed by atoms with E-state index in [1.165, 1.54) is 13.1 Å². The van der Waals surface area contributed by atoms with Gasteiger partial charge in [0.25, 0.3) is 0 Å². The Kier molecular flexibility index (Phi) is 2.83. The van der Waals surface area contributed by atoms with E-state index >= 15 is 0 Å². The van der Waals surface area contributed by atoms with E-state index in [1.54, 1.807) is 4.90 Å². The smallest absolute Gasteiger partial charge is 0.337 e. The summed E-state index contributed by atoms with van der Waals surface area (Å²) >= 11 is 0. The standard InChI is InChI=1S/C12H14N2O3/c1-7-9-3-4-14(8(2)15)6-11(9)10(5-13-7)12(16)17/h5H,3-4,6H2,1-2H3,(H,16,17). The largest absolute Gasteiger partial charge is 0.478 e. The van der Waals surface area contributed by atoms with Crippen molar-refractivity contribution in [2.45, 2.75) is 26.8 Å². The van der Waals surface area contributed by atoms with Gasteiger partial charge in [-0.15, -0.1) is 0 Å². The minimum atomic E-state index is -0.987. The lowest BCUT2D eigenvalue weighted by atomic mass is 9.95. The number of fused-ring (bicyclic) bond motifs is 1. The van der Waals surface area contributed by atoms with Gasteiger partial charge in [0.1, 0.15) is 0 Å².